The molecule has 3 aromatic carbocycles. The van der Waals surface area contributed by atoms with Crippen molar-refractivity contribution in [2.45, 2.75) is 17.7 Å². The van der Waals surface area contributed by atoms with Crippen molar-refractivity contribution in [1.29, 1.82) is 0 Å². The molecule has 0 saturated carbocycles. The fourth-order valence-electron chi connectivity index (χ4n) is 4.16. The van der Waals surface area contributed by atoms with Gasteiger partial charge in [-0.2, -0.15) is 0 Å². The second-order valence-corrected chi connectivity index (χ2v) is 10.5. The zero-order chi connectivity index (χ0) is 25.3. The van der Waals surface area contributed by atoms with E-state index in [1.54, 1.807) is 54.6 Å². The molecule has 1 amide bonds. The minimum absolute atomic E-state index is 0.0405. The third-order valence-corrected chi connectivity index (χ3v) is 7.59. The maximum Gasteiger partial charge on any atom is 0.349 e. The van der Waals surface area contributed by atoms with Crippen molar-refractivity contribution in [1.82, 2.24) is 0 Å². The molecule has 36 heavy (non-hydrogen) atoms. The molecule has 1 aliphatic rings. The number of nitrogens with zero attached hydrogens (tertiary/aromatic N) is 1. The van der Waals surface area contributed by atoms with Crippen LogP contribution in [0.5, 0.6) is 0 Å². The van der Waals surface area contributed by atoms with Gasteiger partial charge in [0.2, 0.25) is 0 Å². The molecule has 1 saturated heterocycles. The summed E-state index contributed by atoms with van der Waals surface area (Å²) in [5.41, 5.74) is 0.737. The summed E-state index contributed by atoms with van der Waals surface area (Å²) in [6.45, 7) is 1.55. The molecule has 1 aromatic heterocycles. The van der Waals surface area contributed by atoms with Gasteiger partial charge < -0.3 is 14.6 Å². The molecular weight excluding hydrogens is 502 g/mol. The van der Waals surface area contributed by atoms with E-state index in [1.807, 2.05) is 0 Å². The lowest BCUT2D eigenvalue weighted by atomic mass is 10.1. The van der Waals surface area contributed by atoms with E-state index in [-0.39, 0.29) is 16.1 Å². The zero-order valence-electron chi connectivity index (χ0n) is 19.0. The molecule has 0 unspecified atom stereocenters. The molecule has 10 heteroatoms. The minimum Gasteiger partial charge on any atom is -0.422 e. The Bertz CT molecular complexity index is 1610. The molecular formula is C26H22ClN3O5S. The number of rotatable bonds is 6. The van der Waals surface area contributed by atoms with E-state index >= 15 is 0 Å². The first-order valence-electron chi connectivity index (χ1n) is 11.3. The fraction of sp³-hybridized carbons (Fsp3) is 0.154. The van der Waals surface area contributed by atoms with Crippen LogP contribution in [0.3, 0.4) is 0 Å². The number of halogens is 1. The van der Waals surface area contributed by atoms with Crippen LogP contribution in [0, 0.1) is 0 Å². The van der Waals surface area contributed by atoms with Crippen molar-refractivity contribution < 1.29 is 17.6 Å². The van der Waals surface area contributed by atoms with Gasteiger partial charge in [0.15, 0.2) is 0 Å². The number of hydrogen-bond acceptors (Lipinski definition) is 6. The summed E-state index contributed by atoms with van der Waals surface area (Å²) in [5, 5.41) is 3.83. The van der Waals surface area contributed by atoms with E-state index in [0.717, 1.165) is 25.9 Å². The van der Waals surface area contributed by atoms with Gasteiger partial charge >= 0.3 is 5.63 Å². The van der Waals surface area contributed by atoms with E-state index in [9.17, 15) is 18.0 Å². The number of benzene rings is 3. The SMILES string of the molecule is O=C(Nc1cc(S(=O)(=O)Nc2ccc(Cl)cc2)ccc1N1CCCC1)c1cc2ccccc2oc1=O. The summed E-state index contributed by atoms with van der Waals surface area (Å²) >= 11 is 5.89. The van der Waals surface area contributed by atoms with Crippen LogP contribution in [-0.2, 0) is 10.0 Å². The molecule has 0 atom stereocenters. The van der Waals surface area contributed by atoms with Crippen molar-refractivity contribution in [3.05, 3.63) is 93.8 Å². The van der Waals surface area contributed by atoms with Crippen LogP contribution in [0.1, 0.15) is 23.2 Å². The predicted octanol–water partition coefficient (Wildman–Crippen LogP) is 5.10. The van der Waals surface area contributed by atoms with Gasteiger partial charge in [-0.05, 0) is 67.4 Å². The maximum absolute atomic E-state index is 13.2. The number of amides is 1. The van der Waals surface area contributed by atoms with Gasteiger partial charge in [-0.3, -0.25) is 9.52 Å². The molecule has 1 fully saturated rings. The van der Waals surface area contributed by atoms with E-state index in [0.29, 0.717) is 27.4 Å². The second-order valence-electron chi connectivity index (χ2n) is 8.42. The molecule has 2 heterocycles. The molecule has 4 aromatic rings. The lowest BCUT2D eigenvalue weighted by Crippen LogP contribution is -2.24. The maximum atomic E-state index is 13.2. The Labute approximate surface area is 212 Å². The molecule has 0 aliphatic carbocycles. The van der Waals surface area contributed by atoms with Crippen LogP contribution in [-0.4, -0.2) is 27.4 Å². The van der Waals surface area contributed by atoms with Crippen LogP contribution in [0.4, 0.5) is 17.1 Å². The molecule has 1 aliphatic heterocycles. The lowest BCUT2D eigenvalue weighted by Gasteiger charge is -2.22. The molecule has 184 valence electrons. The summed E-state index contributed by atoms with van der Waals surface area (Å²) < 4.78 is 34.0. The Morgan fingerprint density at radius 1 is 0.944 bits per heavy atom. The van der Waals surface area contributed by atoms with Crippen LogP contribution < -0.4 is 20.6 Å². The Morgan fingerprint density at radius 3 is 2.42 bits per heavy atom. The number of para-hydroxylation sites is 1. The molecule has 2 N–H and O–H groups in total. The predicted molar refractivity (Wildman–Crippen MR) is 141 cm³/mol. The molecule has 0 radical (unpaired) electrons. The van der Waals surface area contributed by atoms with Crippen molar-refractivity contribution in [3.8, 4) is 0 Å². The summed E-state index contributed by atoms with van der Waals surface area (Å²) in [5.74, 6) is -0.685. The van der Waals surface area contributed by atoms with Crippen molar-refractivity contribution in [2.24, 2.45) is 0 Å². The first-order chi connectivity index (χ1) is 17.3. The monoisotopic (exact) mass is 523 g/mol. The quantitative estimate of drug-likeness (QED) is 0.340. The number of nitrogens with one attached hydrogen (secondary N) is 2. The first-order valence-corrected chi connectivity index (χ1v) is 13.2. The average molecular weight is 524 g/mol. The number of carbonyl (C=O) groups is 1. The van der Waals surface area contributed by atoms with E-state index in [4.69, 9.17) is 16.0 Å². The number of anilines is 3. The highest BCUT2D eigenvalue weighted by atomic mass is 35.5. The van der Waals surface area contributed by atoms with Gasteiger partial charge in [-0.1, -0.05) is 29.8 Å². The van der Waals surface area contributed by atoms with Gasteiger partial charge in [0.25, 0.3) is 15.9 Å². The molecule has 0 bridgehead atoms. The Kier molecular flexibility index (Phi) is 6.42. The highest BCUT2D eigenvalue weighted by Crippen LogP contribution is 2.32. The minimum atomic E-state index is -3.97. The number of carbonyl (C=O) groups excluding carboxylic acids is 1. The van der Waals surface area contributed by atoms with Crippen molar-refractivity contribution in [3.63, 3.8) is 0 Å². The molecule has 8 nitrogen and oxygen atoms in total. The highest BCUT2D eigenvalue weighted by Gasteiger charge is 2.23. The Balaban J connectivity index is 1.50. The smallest absolute Gasteiger partial charge is 0.349 e. The summed E-state index contributed by atoms with van der Waals surface area (Å²) in [4.78, 5) is 27.7. The standard InChI is InChI=1S/C26H22ClN3O5S/c27-18-7-9-19(10-8-18)29-36(33,34)20-11-12-23(30-13-3-4-14-30)22(16-20)28-25(31)21-15-17-5-1-2-6-24(17)35-26(21)32/h1-2,5-12,15-16,29H,3-4,13-14H2,(H,28,31). The van der Waals surface area contributed by atoms with Gasteiger partial charge in [-0.25, -0.2) is 13.2 Å². The van der Waals surface area contributed by atoms with Gasteiger partial charge in [0.1, 0.15) is 11.1 Å². The summed E-state index contributed by atoms with van der Waals surface area (Å²) in [6.07, 6.45) is 1.97. The number of hydrogen-bond donors (Lipinski definition) is 2. The summed E-state index contributed by atoms with van der Waals surface area (Å²) in [6, 6.07) is 19.2. The largest absolute Gasteiger partial charge is 0.422 e. The van der Waals surface area contributed by atoms with Gasteiger partial charge in [0.05, 0.1) is 16.3 Å². The lowest BCUT2D eigenvalue weighted by molar-refractivity contribution is 0.102. The molecule has 0 spiro atoms. The topological polar surface area (TPSA) is 109 Å². The van der Waals surface area contributed by atoms with Crippen LogP contribution >= 0.6 is 11.6 Å². The average Bonchev–Trinajstić information content (AvgIpc) is 3.39. The summed E-state index contributed by atoms with van der Waals surface area (Å²) in [7, 11) is -3.97. The Hall–Kier alpha value is -3.82. The molecule has 5 rings (SSSR count). The van der Waals surface area contributed by atoms with Crippen LogP contribution in [0.2, 0.25) is 5.02 Å². The first kappa shape index (κ1) is 23.9. The van der Waals surface area contributed by atoms with Gasteiger partial charge in [0, 0.05) is 29.2 Å². The second kappa shape index (κ2) is 9.67. The third-order valence-electron chi connectivity index (χ3n) is 5.96. The fourth-order valence-corrected chi connectivity index (χ4v) is 5.37. The van der Waals surface area contributed by atoms with E-state index in [2.05, 4.69) is 14.9 Å². The highest BCUT2D eigenvalue weighted by molar-refractivity contribution is 7.92. The Morgan fingerprint density at radius 2 is 1.67 bits per heavy atom. The number of sulfonamides is 1. The van der Waals surface area contributed by atoms with Crippen LogP contribution in [0.15, 0.2) is 86.9 Å². The van der Waals surface area contributed by atoms with E-state index in [1.165, 1.54) is 18.2 Å². The van der Waals surface area contributed by atoms with Crippen molar-refractivity contribution >= 4 is 55.6 Å². The normalized spacial score (nSPS) is 13.6. The van der Waals surface area contributed by atoms with E-state index < -0.39 is 21.6 Å². The third kappa shape index (κ3) is 4.93. The van der Waals surface area contributed by atoms with Crippen molar-refractivity contribution in [2.75, 3.05) is 28.0 Å². The van der Waals surface area contributed by atoms with Gasteiger partial charge in [-0.15, -0.1) is 0 Å². The number of fused-ring (bicyclic) bond motifs is 1. The van der Waals surface area contributed by atoms with Crippen LogP contribution in [0.25, 0.3) is 11.0 Å². The zero-order valence-corrected chi connectivity index (χ0v) is 20.6.